The van der Waals surface area contributed by atoms with Crippen molar-refractivity contribution in [1.29, 1.82) is 0 Å². The number of carbonyl (C=O) groups excluding carboxylic acids is 3. The highest BCUT2D eigenvalue weighted by atomic mass is 16.6. The fraction of sp³-hybridized carbons (Fsp3) is 0.939. The molecule has 0 aromatic rings. The first-order valence-electron chi connectivity index (χ1n) is 24.2. The predicted octanol–water partition coefficient (Wildman–Crippen LogP) is 15.4. The van der Waals surface area contributed by atoms with E-state index in [0.29, 0.717) is 19.3 Å². The summed E-state index contributed by atoms with van der Waals surface area (Å²) in [5, 5.41) is 0. The summed E-state index contributed by atoms with van der Waals surface area (Å²) in [6, 6.07) is 0. The van der Waals surface area contributed by atoms with E-state index in [2.05, 4.69) is 34.6 Å². The molecule has 0 aliphatic carbocycles. The van der Waals surface area contributed by atoms with Gasteiger partial charge in [0.2, 0.25) is 0 Å². The third-order valence-electron chi connectivity index (χ3n) is 11.0. The minimum atomic E-state index is -0.761. The molecule has 0 saturated heterocycles. The van der Waals surface area contributed by atoms with Crippen LogP contribution < -0.4 is 0 Å². The van der Waals surface area contributed by atoms with Crippen molar-refractivity contribution in [3.05, 3.63) is 0 Å². The number of hydrogen-bond acceptors (Lipinski definition) is 6. The molecule has 6 heteroatoms. The van der Waals surface area contributed by atoms with Crippen LogP contribution in [0.25, 0.3) is 0 Å². The second kappa shape index (κ2) is 42.0. The largest absolute Gasteiger partial charge is 0.462 e. The average Bonchev–Trinajstić information content (AvgIpc) is 3.15. The summed E-state index contributed by atoms with van der Waals surface area (Å²) in [5.74, 6) is 0.724. The van der Waals surface area contributed by atoms with Crippen molar-refractivity contribution in [3.63, 3.8) is 0 Å². The molecule has 0 radical (unpaired) electrons. The molecule has 0 amide bonds. The minimum absolute atomic E-state index is 0.0652. The van der Waals surface area contributed by atoms with Crippen LogP contribution in [0.2, 0.25) is 0 Å². The smallest absolute Gasteiger partial charge is 0.306 e. The second-order valence-corrected chi connectivity index (χ2v) is 17.7. The van der Waals surface area contributed by atoms with E-state index >= 15 is 0 Å². The molecule has 0 aromatic heterocycles. The lowest BCUT2D eigenvalue weighted by atomic mass is 10.0. The normalized spacial score (nSPS) is 12.1. The molecule has 0 aliphatic heterocycles. The van der Waals surface area contributed by atoms with Crippen LogP contribution in [0.1, 0.15) is 266 Å². The van der Waals surface area contributed by atoms with Gasteiger partial charge >= 0.3 is 17.9 Å². The molecule has 0 N–H and O–H groups in total. The van der Waals surface area contributed by atoms with E-state index in [1.54, 1.807) is 0 Å². The van der Waals surface area contributed by atoms with Gasteiger partial charge in [0.15, 0.2) is 6.10 Å². The Morgan fingerprint density at radius 3 is 0.891 bits per heavy atom. The zero-order chi connectivity index (χ0) is 40.5. The zero-order valence-electron chi connectivity index (χ0n) is 37.6. The fourth-order valence-electron chi connectivity index (χ4n) is 7.28. The average molecular weight is 779 g/mol. The van der Waals surface area contributed by atoms with Gasteiger partial charge in [0.05, 0.1) is 0 Å². The summed E-state index contributed by atoms with van der Waals surface area (Å²) in [6.45, 7) is 11.3. The molecule has 0 unspecified atom stereocenters. The first-order chi connectivity index (χ1) is 26.7. The van der Waals surface area contributed by atoms with Gasteiger partial charge in [-0.15, -0.1) is 0 Å². The highest BCUT2D eigenvalue weighted by molar-refractivity contribution is 5.71. The quantitative estimate of drug-likeness (QED) is 0.0348. The van der Waals surface area contributed by atoms with Crippen molar-refractivity contribution in [1.82, 2.24) is 0 Å². The van der Waals surface area contributed by atoms with Crippen LogP contribution >= 0.6 is 0 Å². The van der Waals surface area contributed by atoms with Gasteiger partial charge < -0.3 is 14.2 Å². The van der Waals surface area contributed by atoms with E-state index in [1.807, 2.05) is 0 Å². The third kappa shape index (κ3) is 43.4. The monoisotopic (exact) mass is 779 g/mol. The maximum absolute atomic E-state index is 12.7. The molecular formula is C49H94O6. The zero-order valence-corrected chi connectivity index (χ0v) is 37.6. The molecule has 0 bridgehead atoms. The lowest BCUT2D eigenvalue weighted by Crippen LogP contribution is -2.30. The minimum Gasteiger partial charge on any atom is -0.462 e. The first kappa shape index (κ1) is 53.4. The SMILES string of the molecule is CCCCCCCCCCCCCCCCCC(=O)O[C@H](COC(=O)CCCCCCCCCCCCC(C)C)COC(=O)CCCCCCCCC(C)C. The van der Waals surface area contributed by atoms with Gasteiger partial charge in [0, 0.05) is 19.3 Å². The third-order valence-corrected chi connectivity index (χ3v) is 11.0. The van der Waals surface area contributed by atoms with Crippen molar-refractivity contribution in [2.45, 2.75) is 272 Å². The maximum Gasteiger partial charge on any atom is 0.306 e. The molecule has 0 saturated carbocycles. The molecule has 0 aromatic carbocycles. The van der Waals surface area contributed by atoms with Crippen LogP contribution in [-0.4, -0.2) is 37.2 Å². The molecule has 1 atom stereocenters. The van der Waals surface area contributed by atoms with E-state index in [0.717, 1.165) is 69.6 Å². The number of carbonyl (C=O) groups is 3. The van der Waals surface area contributed by atoms with E-state index in [1.165, 1.54) is 154 Å². The highest BCUT2D eigenvalue weighted by Gasteiger charge is 2.19. The van der Waals surface area contributed by atoms with Gasteiger partial charge in [-0.3, -0.25) is 14.4 Å². The Morgan fingerprint density at radius 1 is 0.345 bits per heavy atom. The summed E-state index contributed by atoms with van der Waals surface area (Å²) in [4.78, 5) is 37.8. The molecule has 0 rings (SSSR count). The van der Waals surface area contributed by atoms with Gasteiger partial charge in [-0.25, -0.2) is 0 Å². The van der Waals surface area contributed by atoms with Crippen molar-refractivity contribution in [3.8, 4) is 0 Å². The number of ether oxygens (including phenoxy) is 3. The molecule has 55 heavy (non-hydrogen) atoms. The standard InChI is InChI=1S/C49H94O6/c1-6-7-8-9-10-11-12-13-14-15-16-21-24-31-36-41-49(52)55-46(43-54-48(51)40-35-30-26-25-28-33-38-45(4)5)42-53-47(50)39-34-29-23-20-18-17-19-22-27-32-37-44(2)3/h44-46H,6-43H2,1-5H3/t46-/m1/s1. The summed E-state index contributed by atoms with van der Waals surface area (Å²) < 4.78 is 16.7. The van der Waals surface area contributed by atoms with Crippen LogP contribution in [0.5, 0.6) is 0 Å². The fourth-order valence-corrected chi connectivity index (χ4v) is 7.28. The van der Waals surface area contributed by atoms with Crippen molar-refractivity contribution in [2.75, 3.05) is 13.2 Å². The summed E-state index contributed by atoms with van der Waals surface area (Å²) >= 11 is 0. The van der Waals surface area contributed by atoms with Gasteiger partial charge in [-0.05, 0) is 31.1 Å². The van der Waals surface area contributed by atoms with Crippen LogP contribution in [0.3, 0.4) is 0 Å². The lowest BCUT2D eigenvalue weighted by Gasteiger charge is -2.18. The van der Waals surface area contributed by atoms with Crippen LogP contribution in [0, 0.1) is 11.8 Å². The molecule has 0 heterocycles. The van der Waals surface area contributed by atoms with Crippen molar-refractivity contribution in [2.24, 2.45) is 11.8 Å². The van der Waals surface area contributed by atoms with Crippen molar-refractivity contribution >= 4 is 17.9 Å². The number of rotatable bonds is 43. The predicted molar refractivity (Wildman–Crippen MR) is 233 cm³/mol. The highest BCUT2D eigenvalue weighted by Crippen LogP contribution is 2.17. The Morgan fingerprint density at radius 2 is 0.600 bits per heavy atom. The first-order valence-corrected chi connectivity index (χ1v) is 24.2. The molecule has 326 valence electrons. The molecule has 0 aliphatic rings. The van der Waals surface area contributed by atoms with E-state index in [-0.39, 0.29) is 31.1 Å². The van der Waals surface area contributed by atoms with Crippen LogP contribution in [0.15, 0.2) is 0 Å². The number of hydrogen-bond donors (Lipinski definition) is 0. The van der Waals surface area contributed by atoms with Gasteiger partial charge in [0.25, 0.3) is 0 Å². The summed E-state index contributed by atoms with van der Waals surface area (Å²) in [6.07, 6.45) is 41.0. The summed E-state index contributed by atoms with van der Waals surface area (Å²) in [5.41, 5.74) is 0. The maximum atomic E-state index is 12.7. The van der Waals surface area contributed by atoms with E-state index < -0.39 is 6.10 Å². The van der Waals surface area contributed by atoms with Crippen LogP contribution in [-0.2, 0) is 28.6 Å². The Hall–Kier alpha value is -1.59. The summed E-state index contributed by atoms with van der Waals surface area (Å²) in [7, 11) is 0. The van der Waals surface area contributed by atoms with E-state index in [9.17, 15) is 14.4 Å². The Kier molecular flexibility index (Phi) is 40.8. The Bertz CT molecular complexity index is 839. The Labute approximate surface area is 342 Å². The molecular weight excluding hydrogens is 685 g/mol. The van der Waals surface area contributed by atoms with Crippen molar-refractivity contribution < 1.29 is 28.6 Å². The van der Waals surface area contributed by atoms with Gasteiger partial charge in [-0.2, -0.15) is 0 Å². The topological polar surface area (TPSA) is 78.9 Å². The number of esters is 3. The number of unbranched alkanes of at least 4 members (excludes halogenated alkanes) is 28. The molecule has 6 nitrogen and oxygen atoms in total. The Balaban J connectivity index is 4.30. The van der Waals surface area contributed by atoms with Gasteiger partial charge in [-0.1, -0.05) is 227 Å². The molecule has 0 spiro atoms. The molecule has 0 fully saturated rings. The van der Waals surface area contributed by atoms with E-state index in [4.69, 9.17) is 14.2 Å². The lowest BCUT2D eigenvalue weighted by molar-refractivity contribution is -0.167. The second-order valence-electron chi connectivity index (χ2n) is 17.7. The van der Waals surface area contributed by atoms with Gasteiger partial charge in [0.1, 0.15) is 13.2 Å². The van der Waals surface area contributed by atoms with Crippen LogP contribution in [0.4, 0.5) is 0 Å².